The lowest BCUT2D eigenvalue weighted by Gasteiger charge is -2.35. The van der Waals surface area contributed by atoms with Crippen LogP contribution in [0.5, 0.6) is 0 Å². The SMILES string of the molecule is O=C(CN1C(=O)c2ccccc2CS1(=O)=O)N1CCOC(c2ccc(F)cc2)C1. The van der Waals surface area contributed by atoms with E-state index in [2.05, 4.69) is 0 Å². The molecule has 2 aliphatic heterocycles. The van der Waals surface area contributed by atoms with Crippen LogP contribution in [0.1, 0.15) is 27.6 Å². The summed E-state index contributed by atoms with van der Waals surface area (Å²) in [7, 11) is -3.93. The molecule has 2 amide bonds. The van der Waals surface area contributed by atoms with Gasteiger partial charge in [0.1, 0.15) is 18.5 Å². The molecular formula is C20H19FN2O5S. The average molecular weight is 418 g/mol. The fourth-order valence-corrected chi connectivity index (χ4v) is 5.00. The third kappa shape index (κ3) is 3.88. The molecule has 1 atom stereocenters. The van der Waals surface area contributed by atoms with Crippen LogP contribution in [-0.2, 0) is 25.3 Å². The maximum absolute atomic E-state index is 13.1. The first kappa shape index (κ1) is 19.5. The number of hydrogen-bond donors (Lipinski definition) is 0. The van der Waals surface area contributed by atoms with Crippen LogP contribution in [0, 0.1) is 5.82 Å². The number of carbonyl (C=O) groups is 2. The molecule has 7 nitrogen and oxygen atoms in total. The van der Waals surface area contributed by atoms with Gasteiger partial charge in [-0.2, -0.15) is 0 Å². The van der Waals surface area contributed by atoms with Crippen molar-refractivity contribution in [2.45, 2.75) is 11.9 Å². The second kappa shape index (κ2) is 7.57. The van der Waals surface area contributed by atoms with Crippen molar-refractivity contribution >= 4 is 21.8 Å². The van der Waals surface area contributed by atoms with Crippen LogP contribution in [0.15, 0.2) is 48.5 Å². The van der Waals surface area contributed by atoms with Gasteiger partial charge in [-0.05, 0) is 29.3 Å². The highest BCUT2D eigenvalue weighted by Crippen LogP contribution is 2.26. The summed E-state index contributed by atoms with van der Waals surface area (Å²) in [5.74, 6) is -1.85. The van der Waals surface area contributed by atoms with Gasteiger partial charge in [-0.1, -0.05) is 30.3 Å². The third-order valence-corrected chi connectivity index (χ3v) is 6.73. The molecule has 2 aromatic rings. The molecule has 0 radical (unpaired) electrons. The molecular weight excluding hydrogens is 399 g/mol. The van der Waals surface area contributed by atoms with Crippen molar-refractivity contribution < 1.29 is 27.1 Å². The number of morpholine rings is 1. The minimum absolute atomic E-state index is 0.198. The smallest absolute Gasteiger partial charge is 0.268 e. The Kier molecular flexibility index (Phi) is 5.10. The second-order valence-corrected chi connectivity index (χ2v) is 8.87. The molecule has 9 heteroatoms. The highest BCUT2D eigenvalue weighted by molar-refractivity contribution is 7.89. The van der Waals surface area contributed by atoms with E-state index in [0.717, 1.165) is 5.56 Å². The molecule has 1 unspecified atom stereocenters. The summed E-state index contributed by atoms with van der Waals surface area (Å²) in [4.78, 5) is 27.0. The molecule has 0 spiro atoms. The second-order valence-electron chi connectivity index (χ2n) is 6.98. The first-order valence-corrected chi connectivity index (χ1v) is 10.7. The van der Waals surface area contributed by atoms with Gasteiger partial charge < -0.3 is 9.64 Å². The highest BCUT2D eigenvalue weighted by atomic mass is 32.2. The molecule has 2 aromatic carbocycles. The van der Waals surface area contributed by atoms with E-state index in [1.807, 2.05) is 0 Å². The molecule has 4 rings (SSSR count). The molecule has 1 fully saturated rings. The van der Waals surface area contributed by atoms with E-state index < -0.39 is 34.5 Å². The zero-order valence-corrected chi connectivity index (χ0v) is 16.3. The van der Waals surface area contributed by atoms with Gasteiger partial charge in [0, 0.05) is 12.1 Å². The maximum Gasteiger partial charge on any atom is 0.268 e. The Bertz CT molecular complexity index is 1050. The summed E-state index contributed by atoms with van der Waals surface area (Å²) in [5.41, 5.74) is 1.45. The monoisotopic (exact) mass is 418 g/mol. The van der Waals surface area contributed by atoms with E-state index in [1.54, 1.807) is 36.4 Å². The molecule has 0 aliphatic carbocycles. The van der Waals surface area contributed by atoms with Gasteiger partial charge in [0.25, 0.3) is 5.91 Å². The van der Waals surface area contributed by atoms with Crippen molar-refractivity contribution in [3.63, 3.8) is 0 Å². The lowest BCUT2D eigenvalue weighted by atomic mass is 10.1. The van der Waals surface area contributed by atoms with Gasteiger partial charge in [-0.3, -0.25) is 9.59 Å². The van der Waals surface area contributed by atoms with Gasteiger partial charge in [-0.15, -0.1) is 0 Å². The number of amides is 2. The number of benzene rings is 2. The highest BCUT2D eigenvalue weighted by Gasteiger charge is 2.38. The Hall–Kier alpha value is -2.78. The van der Waals surface area contributed by atoms with Crippen LogP contribution >= 0.6 is 0 Å². The van der Waals surface area contributed by atoms with Crippen LogP contribution in [-0.4, -0.2) is 55.7 Å². The van der Waals surface area contributed by atoms with Crippen LogP contribution in [0.2, 0.25) is 0 Å². The number of carbonyl (C=O) groups excluding carboxylic acids is 2. The lowest BCUT2D eigenvalue weighted by Crippen LogP contribution is -2.50. The van der Waals surface area contributed by atoms with Crippen LogP contribution < -0.4 is 0 Å². The van der Waals surface area contributed by atoms with Gasteiger partial charge in [0.05, 0.1) is 18.9 Å². The number of nitrogens with zero attached hydrogens (tertiary/aromatic N) is 2. The van der Waals surface area contributed by atoms with Crippen LogP contribution in [0.3, 0.4) is 0 Å². The van der Waals surface area contributed by atoms with E-state index in [-0.39, 0.29) is 31.3 Å². The molecule has 0 aromatic heterocycles. The molecule has 29 heavy (non-hydrogen) atoms. The number of halogens is 1. The van der Waals surface area contributed by atoms with Crippen molar-refractivity contribution in [1.29, 1.82) is 0 Å². The molecule has 2 heterocycles. The fourth-order valence-electron chi connectivity index (χ4n) is 3.54. The van der Waals surface area contributed by atoms with Crippen molar-refractivity contribution in [2.24, 2.45) is 0 Å². The topological polar surface area (TPSA) is 84.0 Å². The predicted octanol–water partition coefficient (Wildman–Crippen LogP) is 1.71. The first-order chi connectivity index (χ1) is 13.8. The molecule has 1 saturated heterocycles. The number of ether oxygens (including phenoxy) is 1. The number of fused-ring (bicyclic) bond motifs is 1. The minimum atomic E-state index is -3.93. The Morgan fingerprint density at radius 3 is 2.62 bits per heavy atom. The lowest BCUT2D eigenvalue weighted by molar-refractivity contribution is -0.138. The summed E-state index contributed by atoms with van der Waals surface area (Å²) in [6.07, 6.45) is -0.442. The summed E-state index contributed by atoms with van der Waals surface area (Å²) in [5, 5.41) is 0. The van der Waals surface area contributed by atoms with E-state index in [4.69, 9.17) is 4.74 Å². The van der Waals surface area contributed by atoms with Crippen molar-refractivity contribution in [3.05, 3.63) is 71.0 Å². The zero-order valence-electron chi connectivity index (χ0n) is 15.5. The van der Waals surface area contributed by atoms with Gasteiger partial charge in [0.2, 0.25) is 15.9 Å². The number of sulfonamides is 1. The molecule has 0 bridgehead atoms. The Labute approximate surface area is 167 Å². The molecule has 2 aliphatic rings. The molecule has 0 N–H and O–H groups in total. The number of rotatable bonds is 3. The summed E-state index contributed by atoms with van der Waals surface area (Å²) in [6, 6.07) is 12.3. The van der Waals surface area contributed by atoms with E-state index >= 15 is 0 Å². The fraction of sp³-hybridized carbons (Fsp3) is 0.300. The largest absolute Gasteiger partial charge is 0.370 e. The summed E-state index contributed by atoms with van der Waals surface area (Å²) >= 11 is 0. The Balaban J connectivity index is 1.50. The quantitative estimate of drug-likeness (QED) is 0.758. The first-order valence-electron chi connectivity index (χ1n) is 9.12. The summed E-state index contributed by atoms with van der Waals surface area (Å²) < 4.78 is 44.6. The maximum atomic E-state index is 13.1. The molecule has 0 saturated carbocycles. The number of hydrogen-bond acceptors (Lipinski definition) is 5. The molecule has 152 valence electrons. The van der Waals surface area contributed by atoms with Gasteiger partial charge in [-0.25, -0.2) is 17.1 Å². The van der Waals surface area contributed by atoms with E-state index in [0.29, 0.717) is 15.4 Å². The van der Waals surface area contributed by atoms with Gasteiger partial charge >= 0.3 is 0 Å². The van der Waals surface area contributed by atoms with Gasteiger partial charge in [0.15, 0.2) is 0 Å². The minimum Gasteiger partial charge on any atom is -0.370 e. The normalized spacial score (nSPS) is 21.0. The van der Waals surface area contributed by atoms with Crippen molar-refractivity contribution in [2.75, 3.05) is 26.2 Å². The summed E-state index contributed by atoms with van der Waals surface area (Å²) in [6.45, 7) is 0.196. The van der Waals surface area contributed by atoms with E-state index in [9.17, 15) is 22.4 Å². The zero-order chi connectivity index (χ0) is 20.6. The standard InChI is InChI=1S/C20H19FN2O5S/c21-16-7-5-14(6-8-16)18-11-22(9-10-28-18)19(24)12-23-20(25)17-4-2-1-3-15(17)13-29(23,26)27/h1-8,18H,9-13H2. The average Bonchev–Trinajstić information content (AvgIpc) is 2.71. The Morgan fingerprint density at radius 2 is 1.86 bits per heavy atom. The van der Waals surface area contributed by atoms with Crippen molar-refractivity contribution in [3.8, 4) is 0 Å². The van der Waals surface area contributed by atoms with Crippen LogP contribution in [0.25, 0.3) is 0 Å². The third-order valence-electron chi connectivity index (χ3n) is 5.09. The van der Waals surface area contributed by atoms with Crippen molar-refractivity contribution in [1.82, 2.24) is 9.21 Å². The van der Waals surface area contributed by atoms with Crippen LogP contribution in [0.4, 0.5) is 4.39 Å². The predicted molar refractivity (Wildman–Crippen MR) is 102 cm³/mol. The Morgan fingerprint density at radius 1 is 1.14 bits per heavy atom. The van der Waals surface area contributed by atoms with E-state index in [1.165, 1.54) is 17.0 Å².